The van der Waals surface area contributed by atoms with E-state index in [1.54, 1.807) is 30.4 Å². The van der Waals surface area contributed by atoms with Gasteiger partial charge in [0.2, 0.25) is 0 Å². The summed E-state index contributed by atoms with van der Waals surface area (Å²) in [6.07, 6.45) is 5.44. The van der Waals surface area contributed by atoms with Crippen LogP contribution < -0.4 is 4.74 Å². The van der Waals surface area contributed by atoms with Crippen molar-refractivity contribution in [3.05, 3.63) is 36.7 Å². The van der Waals surface area contributed by atoms with Crippen LogP contribution in [0.2, 0.25) is 0 Å². The number of nitrogens with zero attached hydrogens (tertiary/aromatic N) is 5. The Kier molecular flexibility index (Phi) is 4.08. The van der Waals surface area contributed by atoms with Crippen molar-refractivity contribution in [3.8, 4) is 6.01 Å². The van der Waals surface area contributed by atoms with Crippen LogP contribution in [0.25, 0.3) is 11.0 Å². The van der Waals surface area contributed by atoms with Gasteiger partial charge >= 0.3 is 6.01 Å². The van der Waals surface area contributed by atoms with Crippen molar-refractivity contribution in [2.24, 2.45) is 0 Å². The molecule has 7 nitrogen and oxygen atoms in total. The third-order valence-corrected chi connectivity index (χ3v) is 4.84. The zero-order chi connectivity index (χ0) is 15.5. The molecule has 0 spiro atoms. The average molecular weight is 329 g/mol. The van der Waals surface area contributed by atoms with Crippen LogP contribution in [0.15, 0.2) is 46.2 Å². The Balaban J connectivity index is 1.36. The summed E-state index contributed by atoms with van der Waals surface area (Å²) in [6, 6.07) is 8.15. The fraction of sp³-hybridized carbons (Fsp3) is 0.333. The highest BCUT2D eigenvalue weighted by Crippen LogP contribution is 2.31. The molecule has 118 valence electrons. The highest BCUT2D eigenvalue weighted by Gasteiger charge is 2.23. The molecule has 1 aliphatic rings. The van der Waals surface area contributed by atoms with Crippen LogP contribution in [0.5, 0.6) is 6.01 Å². The molecule has 2 aromatic heterocycles. The second-order valence-corrected chi connectivity index (χ2v) is 6.40. The number of rotatable bonds is 4. The van der Waals surface area contributed by atoms with Gasteiger partial charge in [0.1, 0.15) is 17.1 Å². The SMILES string of the molecule is c1cnc(OC2CCN(Sc3cccc4nonc34)CC2)nc1. The van der Waals surface area contributed by atoms with Crippen LogP contribution in [-0.2, 0) is 0 Å². The molecule has 0 amide bonds. The van der Waals surface area contributed by atoms with E-state index in [0.717, 1.165) is 41.9 Å². The monoisotopic (exact) mass is 329 g/mol. The summed E-state index contributed by atoms with van der Waals surface area (Å²) in [7, 11) is 0. The van der Waals surface area contributed by atoms with Gasteiger partial charge in [0.25, 0.3) is 0 Å². The van der Waals surface area contributed by atoms with Gasteiger partial charge in [-0.3, -0.25) is 0 Å². The summed E-state index contributed by atoms with van der Waals surface area (Å²) in [5.74, 6) is 0. The Morgan fingerprint density at radius 2 is 1.91 bits per heavy atom. The standard InChI is InChI=1S/C15H15N5O2S/c1-3-12-14(19-22-18-12)13(4-1)23-20-9-5-11(6-10-20)21-15-16-7-2-8-17-15/h1-4,7-8,11H,5-6,9-10H2. The third kappa shape index (κ3) is 3.27. The van der Waals surface area contributed by atoms with Crippen molar-refractivity contribution in [1.29, 1.82) is 0 Å². The second kappa shape index (κ2) is 6.51. The molecule has 8 heteroatoms. The molecule has 1 fully saturated rings. The van der Waals surface area contributed by atoms with Crippen LogP contribution in [0.4, 0.5) is 0 Å². The first-order valence-corrected chi connectivity index (χ1v) is 8.24. The molecular weight excluding hydrogens is 314 g/mol. The molecule has 3 aromatic rings. The topological polar surface area (TPSA) is 77.2 Å². The number of ether oxygens (including phenoxy) is 1. The van der Waals surface area contributed by atoms with Crippen molar-refractivity contribution in [1.82, 2.24) is 24.6 Å². The summed E-state index contributed by atoms with van der Waals surface area (Å²) in [5, 5.41) is 7.86. The summed E-state index contributed by atoms with van der Waals surface area (Å²) in [5.41, 5.74) is 1.60. The minimum Gasteiger partial charge on any atom is -0.460 e. The summed E-state index contributed by atoms with van der Waals surface area (Å²) in [4.78, 5) is 9.28. The highest BCUT2D eigenvalue weighted by molar-refractivity contribution is 7.97. The molecule has 1 aliphatic heterocycles. The van der Waals surface area contributed by atoms with Gasteiger partial charge in [0.05, 0.1) is 4.90 Å². The van der Waals surface area contributed by atoms with Crippen LogP contribution in [0.1, 0.15) is 12.8 Å². The van der Waals surface area contributed by atoms with E-state index in [2.05, 4.69) is 24.6 Å². The van der Waals surface area contributed by atoms with E-state index in [-0.39, 0.29) is 6.10 Å². The van der Waals surface area contributed by atoms with E-state index < -0.39 is 0 Å². The van der Waals surface area contributed by atoms with E-state index in [9.17, 15) is 0 Å². The number of benzene rings is 1. The van der Waals surface area contributed by atoms with E-state index in [0.29, 0.717) is 6.01 Å². The lowest BCUT2D eigenvalue weighted by Crippen LogP contribution is -2.34. The molecule has 1 saturated heterocycles. The van der Waals surface area contributed by atoms with E-state index in [1.165, 1.54) is 0 Å². The maximum atomic E-state index is 5.82. The van der Waals surface area contributed by atoms with Crippen molar-refractivity contribution < 1.29 is 9.37 Å². The lowest BCUT2D eigenvalue weighted by Gasteiger charge is -2.30. The van der Waals surface area contributed by atoms with Crippen LogP contribution in [-0.4, -0.2) is 43.8 Å². The Bertz CT molecular complexity index is 774. The molecular formula is C15H15N5O2S. The molecule has 0 radical (unpaired) electrons. The quantitative estimate of drug-likeness (QED) is 0.676. The van der Waals surface area contributed by atoms with Gasteiger partial charge in [0, 0.05) is 25.5 Å². The summed E-state index contributed by atoms with van der Waals surface area (Å²) in [6.45, 7) is 1.87. The Labute approximate surface area is 137 Å². The first-order valence-electron chi connectivity index (χ1n) is 7.46. The maximum Gasteiger partial charge on any atom is 0.316 e. The summed E-state index contributed by atoms with van der Waals surface area (Å²) >= 11 is 1.69. The zero-order valence-electron chi connectivity index (χ0n) is 12.3. The third-order valence-electron chi connectivity index (χ3n) is 3.69. The van der Waals surface area contributed by atoms with E-state index >= 15 is 0 Å². The lowest BCUT2D eigenvalue weighted by molar-refractivity contribution is 0.127. The van der Waals surface area contributed by atoms with Gasteiger partial charge in [-0.25, -0.2) is 18.9 Å². The number of fused-ring (bicyclic) bond motifs is 1. The zero-order valence-corrected chi connectivity index (χ0v) is 13.1. The fourth-order valence-electron chi connectivity index (χ4n) is 2.53. The first-order chi connectivity index (χ1) is 11.4. The molecule has 4 rings (SSSR count). The number of hydrogen-bond acceptors (Lipinski definition) is 8. The molecule has 3 heterocycles. The summed E-state index contributed by atoms with van der Waals surface area (Å²) < 4.78 is 12.9. The Morgan fingerprint density at radius 3 is 2.74 bits per heavy atom. The normalized spacial score (nSPS) is 16.7. The predicted octanol–water partition coefficient (Wildman–Crippen LogP) is 2.56. The van der Waals surface area contributed by atoms with Crippen LogP contribution in [0, 0.1) is 0 Å². The van der Waals surface area contributed by atoms with Crippen molar-refractivity contribution in [3.63, 3.8) is 0 Å². The smallest absolute Gasteiger partial charge is 0.316 e. The fourth-order valence-corrected chi connectivity index (χ4v) is 3.57. The molecule has 0 unspecified atom stereocenters. The number of hydrogen-bond donors (Lipinski definition) is 0. The van der Waals surface area contributed by atoms with Gasteiger partial charge in [-0.15, -0.1) is 0 Å². The van der Waals surface area contributed by atoms with E-state index in [4.69, 9.17) is 9.37 Å². The van der Waals surface area contributed by atoms with Crippen LogP contribution in [0.3, 0.4) is 0 Å². The Morgan fingerprint density at radius 1 is 1.09 bits per heavy atom. The molecule has 23 heavy (non-hydrogen) atoms. The number of piperidine rings is 1. The molecule has 0 aliphatic carbocycles. The van der Waals surface area contributed by atoms with Crippen molar-refractivity contribution in [2.75, 3.05) is 13.1 Å². The van der Waals surface area contributed by atoms with Crippen LogP contribution >= 0.6 is 11.9 Å². The van der Waals surface area contributed by atoms with Crippen molar-refractivity contribution in [2.45, 2.75) is 23.8 Å². The van der Waals surface area contributed by atoms with Gasteiger partial charge in [0.15, 0.2) is 0 Å². The minimum absolute atomic E-state index is 0.166. The van der Waals surface area contributed by atoms with Crippen molar-refractivity contribution >= 4 is 23.0 Å². The largest absolute Gasteiger partial charge is 0.460 e. The molecule has 0 atom stereocenters. The van der Waals surface area contributed by atoms with Gasteiger partial charge in [-0.1, -0.05) is 6.07 Å². The molecule has 1 aromatic carbocycles. The average Bonchev–Trinajstić information content (AvgIpc) is 3.07. The molecule has 0 bridgehead atoms. The Hall–Kier alpha value is -2.19. The number of aromatic nitrogens is 4. The molecule has 0 N–H and O–H groups in total. The predicted molar refractivity (Wildman–Crippen MR) is 84.9 cm³/mol. The van der Waals surface area contributed by atoms with Gasteiger partial charge in [-0.05, 0) is 53.3 Å². The van der Waals surface area contributed by atoms with E-state index in [1.807, 2.05) is 18.2 Å². The van der Waals surface area contributed by atoms with Gasteiger partial charge < -0.3 is 4.74 Å². The molecule has 0 saturated carbocycles. The first kappa shape index (κ1) is 14.4. The highest BCUT2D eigenvalue weighted by atomic mass is 32.2. The van der Waals surface area contributed by atoms with Gasteiger partial charge in [-0.2, -0.15) is 0 Å². The maximum absolute atomic E-state index is 5.82. The minimum atomic E-state index is 0.166. The lowest BCUT2D eigenvalue weighted by atomic mass is 10.1. The second-order valence-electron chi connectivity index (χ2n) is 5.26.